The number of fused-ring (bicyclic) bond motifs is 1. The molecule has 0 heterocycles. The summed E-state index contributed by atoms with van der Waals surface area (Å²) in [5, 5.41) is 9.90. The lowest BCUT2D eigenvalue weighted by Crippen LogP contribution is -2.40. The first-order valence-electron chi connectivity index (χ1n) is 5.05. The van der Waals surface area contributed by atoms with Gasteiger partial charge in [0.2, 0.25) is 0 Å². The van der Waals surface area contributed by atoms with Crippen LogP contribution < -0.4 is 0 Å². The highest BCUT2D eigenvalue weighted by Crippen LogP contribution is 2.46. The van der Waals surface area contributed by atoms with Gasteiger partial charge in [-0.05, 0) is 31.8 Å². The minimum atomic E-state index is -0.236. The number of allylic oxidation sites excluding steroid dienone is 1. The second-order valence-electron chi connectivity index (χ2n) is 4.46. The van der Waals surface area contributed by atoms with Gasteiger partial charge in [-0.2, -0.15) is 0 Å². The minimum absolute atomic E-state index is 0.0911. The summed E-state index contributed by atoms with van der Waals surface area (Å²) in [6, 6.07) is 0. The summed E-state index contributed by atoms with van der Waals surface area (Å²) in [6.45, 7) is 2.09. The third-order valence-corrected chi connectivity index (χ3v) is 3.62. The van der Waals surface area contributed by atoms with E-state index in [2.05, 4.69) is 6.92 Å². The van der Waals surface area contributed by atoms with Crippen LogP contribution in [0.15, 0.2) is 11.6 Å². The molecular weight excluding hydrogens is 164 g/mol. The molecule has 0 unspecified atom stereocenters. The van der Waals surface area contributed by atoms with Crippen molar-refractivity contribution in [2.45, 2.75) is 45.1 Å². The van der Waals surface area contributed by atoms with Crippen molar-refractivity contribution in [1.29, 1.82) is 0 Å². The van der Waals surface area contributed by atoms with E-state index in [1.54, 1.807) is 6.08 Å². The SMILES string of the molecule is C[C@@]12CCC(=O)C=C1CCC[C@@H]2O. The zero-order chi connectivity index (χ0) is 9.47. The van der Waals surface area contributed by atoms with E-state index in [0.29, 0.717) is 6.42 Å². The molecule has 0 aromatic rings. The van der Waals surface area contributed by atoms with Gasteiger partial charge in [0.15, 0.2) is 5.78 Å². The average Bonchev–Trinajstić information content (AvgIpc) is 2.09. The number of carbonyl (C=O) groups excluding carboxylic acids is 1. The molecule has 0 aromatic carbocycles. The van der Waals surface area contributed by atoms with Gasteiger partial charge in [-0.15, -0.1) is 0 Å². The first-order chi connectivity index (χ1) is 6.13. The summed E-state index contributed by atoms with van der Waals surface area (Å²) in [4.78, 5) is 11.2. The largest absolute Gasteiger partial charge is 0.392 e. The lowest BCUT2D eigenvalue weighted by molar-refractivity contribution is -0.116. The second-order valence-corrected chi connectivity index (χ2v) is 4.46. The summed E-state index contributed by atoms with van der Waals surface area (Å²) in [6.07, 6.45) is 5.89. The van der Waals surface area contributed by atoms with Gasteiger partial charge in [-0.25, -0.2) is 0 Å². The highest BCUT2D eigenvalue weighted by atomic mass is 16.3. The molecule has 0 saturated heterocycles. The topological polar surface area (TPSA) is 37.3 Å². The molecule has 1 saturated carbocycles. The molecule has 0 radical (unpaired) electrons. The van der Waals surface area contributed by atoms with Crippen LogP contribution in [0.2, 0.25) is 0 Å². The highest BCUT2D eigenvalue weighted by Gasteiger charge is 2.41. The summed E-state index contributed by atoms with van der Waals surface area (Å²) in [7, 11) is 0. The van der Waals surface area contributed by atoms with Gasteiger partial charge < -0.3 is 5.11 Å². The van der Waals surface area contributed by atoms with E-state index < -0.39 is 0 Å². The van der Waals surface area contributed by atoms with Crippen molar-refractivity contribution in [1.82, 2.24) is 0 Å². The summed E-state index contributed by atoms with van der Waals surface area (Å²) >= 11 is 0. The van der Waals surface area contributed by atoms with Gasteiger partial charge in [0, 0.05) is 11.8 Å². The molecular formula is C11H16O2. The van der Waals surface area contributed by atoms with Crippen LogP contribution in [0.1, 0.15) is 39.0 Å². The second kappa shape index (κ2) is 2.95. The Morgan fingerprint density at radius 2 is 2.31 bits per heavy atom. The van der Waals surface area contributed by atoms with Crippen molar-refractivity contribution < 1.29 is 9.90 Å². The Morgan fingerprint density at radius 3 is 3.08 bits per heavy atom. The third-order valence-electron chi connectivity index (χ3n) is 3.62. The van der Waals surface area contributed by atoms with Crippen LogP contribution in [0.25, 0.3) is 0 Å². The van der Waals surface area contributed by atoms with E-state index >= 15 is 0 Å². The van der Waals surface area contributed by atoms with Crippen LogP contribution in [0.5, 0.6) is 0 Å². The molecule has 0 amide bonds. The Morgan fingerprint density at radius 1 is 1.54 bits per heavy atom. The number of carbonyl (C=O) groups is 1. The van der Waals surface area contributed by atoms with E-state index in [-0.39, 0.29) is 17.3 Å². The molecule has 0 spiro atoms. The van der Waals surface area contributed by atoms with Crippen LogP contribution in [0.3, 0.4) is 0 Å². The molecule has 0 bridgehead atoms. The summed E-state index contributed by atoms with van der Waals surface area (Å²) < 4.78 is 0. The molecule has 2 aliphatic rings. The van der Waals surface area contributed by atoms with Gasteiger partial charge in [-0.3, -0.25) is 4.79 Å². The van der Waals surface area contributed by atoms with Crippen molar-refractivity contribution in [3.63, 3.8) is 0 Å². The lowest BCUT2D eigenvalue weighted by Gasteiger charge is -2.42. The maximum absolute atomic E-state index is 11.2. The molecule has 1 fully saturated rings. The van der Waals surface area contributed by atoms with Crippen LogP contribution in [-0.2, 0) is 4.79 Å². The standard InChI is InChI=1S/C11H16O2/c1-11-6-5-9(12)7-8(11)3-2-4-10(11)13/h7,10,13H,2-6H2,1H3/t10-,11+/m0/s1. The van der Waals surface area contributed by atoms with Crippen LogP contribution in [-0.4, -0.2) is 17.0 Å². The first kappa shape index (κ1) is 8.95. The van der Waals surface area contributed by atoms with Gasteiger partial charge in [0.1, 0.15) is 0 Å². The van der Waals surface area contributed by atoms with Crippen LogP contribution in [0.4, 0.5) is 0 Å². The Hall–Kier alpha value is -0.630. The van der Waals surface area contributed by atoms with Crippen LogP contribution >= 0.6 is 0 Å². The average molecular weight is 180 g/mol. The molecule has 2 nitrogen and oxygen atoms in total. The third kappa shape index (κ3) is 1.33. The molecule has 2 atom stereocenters. The van der Waals surface area contributed by atoms with E-state index in [1.807, 2.05) is 0 Å². The van der Waals surface area contributed by atoms with Crippen LogP contribution in [0, 0.1) is 5.41 Å². The van der Waals surface area contributed by atoms with Crippen molar-refractivity contribution in [2.24, 2.45) is 5.41 Å². The van der Waals surface area contributed by atoms with Gasteiger partial charge in [0.05, 0.1) is 6.10 Å². The maximum atomic E-state index is 11.2. The van der Waals surface area contributed by atoms with Gasteiger partial charge >= 0.3 is 0 Å². The predicted octanol–water partition coefficient (Wildman–Crippen LogP) is 1.83. The molecule has 0 aromatic heterocycles. The zero-order valence-electron chi connectivity index (χ0n) is 8.05. The predicted molar refractivity (Wildman–Crippen MR) is 50.3 cm³/mol. The van der Waals surface area contributed by atoms with Crippen molar-refractivity contribution in [3.05, 3.63) is 11.6 Å². The number of rotatable bonds is 0. The Bertz CT molecular complexity index is 267. The maximum Gasteiger partial charge on any atom is 0.155 e. The fraction of sp³-hybridized carbons (Fsp3) is 0.727. The monoisotopic (exact) mass is 180 g/mol. The minimum Gasteiger partial charge on any atom is -0.392 e. The molecule has 2 rings (SSSR count). The van der Waals surface area contributed by atoms with E-state index in [0.717, 1.165) is 25.7 Å². The fourth-order valence-corrected chi connectivity index (χ4v) is 2.52. The fourth-order valence-electron chi connectivity index (χ4n) is 2.52. The van der Waals surface area contributed by atoms with Gasteiger partial charge in [0.25, 0.3) is 0 Å². The normalized spacial score (nSPS) is 39.7. The number of aliphatic hydroxyl groups is 1. The molecule has 13 heavy (non-hydrogen) atoms. The first-order valence-corrected chi connectivity index (χ1v) is 5.05. The number of ketones is 1. The molecule has 1 N–H and O–H groups in total. The van der Waals surface area contributed by atoms with Gasteiger partial charge in [-0.1, -0.05) is 12.5 Å². The quantitative estimate of drug-likeness (QED) is 0.617. The zero-order valence-corrected chi connectivity index (χ0v) is 8.05. The van der Waals surface area contributed by atoms with E-state index in [4.69, 9.17) is 0 Å². The number of aliphatic hydroxyl groups excluding tert-OH is 1. The van der Waals surface area contributed by atoms with E-state index in [9.17, 15) is 9.90 Å². The Balaban J connectivity index is 2.34. The number of hydrogen-bond donors (Lipinski definition) is 1. The van der Waals surface area contributed by atoms with Crippen molar-refractivity contribution >= 4 is 5.78 Å². The molecule has 2 aliphatic carbocycles. The Labute approximate surface area is 78.6 Å². The smallest absolute Gasteiger partial charge is 0.155 e. The summed E-state index contributed by atoms with van der Waals surface area (Å²) in [5.74, 6) is 0.238. The van der Waals surface area contributed by atoms with Crippen molar-refractivity contribution in [3.8, 4) is 0 Å². The Kier molecular flexibility index (Phi) is 2.03. The number of hydrogen-bond acceptors (Lipinski definition) is 2. The molecule has 0 aliphatic heterocycles. The molecule has 2 heteroatoms. The summed E-state index contributed by atoms with van der Waals surface area (Å²) in [5.41, 5.74) is 1.09. The van der Waals surface area contributed by atoms with Crippen molar-refractivity contribution in [2.75, 3.05) is 0 Å². The van der Waals surface area contributed by atoms with E-state index in [1.165, 1.54) is 5.57 Å². The highest BCUT2D eigenvalue weighted by molar-refractivity contribution is 5.91. The molecule has 72 valence electrons. The lowest BCUT2D eigenvalue weighted by atomic mass is 9.64.